The number of aromatic nitrogens is 1. The number of thiazole rings is 1. The molecule has 1 aromatic heterocycles. The molecule has 0 bridgehead atoms. The van der Waals surface area contributed by atoms with Crippen molar-refractivity contribution in [1.29, 1.82) is 0 Å². The van der Waals surface area contributed by atoms with Gasteiger partial charge in [0.05, 0.1) is 12.1 Å². The first-order chi connectivity index (χ1) is 7.45. The number of carbonyl (C=O) groups is 1. The van der Waals surface area contributed by atoms with Crippen LogP contribution in [0.5, 0.6) is 0 Å². The molecule has 2 N–H and O–H groups in total. The molecule has 0 radical (unpaired) electrons. The van der Waals surface area contributed by atoms with Crippen LogP contribution in [0.2, 0.25) is 0 Å². The molecule has 2 atom stereocenters. The van der Waals surface area contributed by atoms with Crippen LogP contribution in [0.4, 0.5) is 0 Å². The second kappa shape index (κ2) is 5.41. The minimum atomic E-state index is -0.468. The van der Waals surface area contributed by atoms with Gasteiger partial charge in [0.2, 0.25) is 5.91 Å². The Balaban J connectivity index is 2.90. The van der Waals surface area contributed by atoms with E-state index < -0.39 is 6.04 Å². The summed E-state index contributed by atoms with van der Waals surface area (Å²) in [4.78, 5) is 18.0. The average molecular weight is 241 g/mol. The Morgan fingerprint density at radius 1 is 1.44 bits per heavy atom. The molecule has 0 aromatic carbocycles. The Bertz CT molecular complexity index is 335. The van der Waals surface area contributed by atoms with Crippen molar-refractivity contribution in [3.63, 3.8) is 0 Å². The van der Waals surface area contributed by atoms with Crippen molar-refractivity contribution in [2.75, 3.05) is 0 Å². The summed E-state index contributed by atoms with van der Waals surface area (Å²) in [6.07, 6.45) is 1.76. The van der Waals surface area contributed by atoms with Gasteiger partial charge in [-0.1, -0.05) is 0 Å². The molecule has 0 aliphatic heterocycles. The van der Waals surface area contributed by atoms with Gasteiger partial charge in [0, 0.05) is 17.6 Å². The predicted molar refractivity (Wildman–Crippen MR) is 66.2 cm³/mol. The lowest BCUT2D eigenvalue weighted by atomic mass is 10.1. The number of amides is 1. The number of nitrogens with zero attached hydrogens (tertiary/aromatic N) is 2. The van der Waals surface area contributed by atoms with Gasteiger partial charge in [0.15, 0.2) is 0 Å². The zero-order valence-electron chi connectivity index (χ0n) is 10.2. The molecule has 0 unspecified atom stereocenters. The van der Waals surface area contributed by atoms with E-state index >= 15 is 0 Å². The molecule has 0 saturated heterocycles. The second-order valence-electron chi connectivity index (χ2n) is 4.17. The van der Waals surface area contributed by atoms with Crippen LogP contribution < -0.4 is 5.73 Å². The summed E-state index contributed by atoms with van der Waals surface area (Å²) in [5, 5.41) is 2.86. The molecule has 1 amide bonds. The first kappa shape index (κ1) is 13.1. The Hall–Kier alpha value is -0.940. The number of nitrogens with two attached hydrogens (primary N) is 1. The summed E-state index contributed by atoms with van der Waals surface area (Å²) in [5.74, 6) is -0.0299. The van der Waals surface area contributed by atoms with Crippen molar-refractivity contribution < 1.29 is 4.79 Å². The molecule has 16 heavy (non-hydrogen) atoms. The SMILES string of the molecule is CC(C)N(C(=O)[C@H](C)N)[C@H](C)c1nccs1. The molecule has 0 spiro atoms. The first-order valence-electron chi connectivity index (χ1n) is 5.42. The molecular formula is C11H19N3OS. The highest BCUT2D eigenvalue weighted by molar-refractivity contribution is 7.09. The van der Waals surface area contributed by atoms with Gasteiger partial charge in [0.25, 0.3) is 0 Å². The maximum absolute atomic E-state index is 12.0. The molecular weight excluding hydrogens is 222 g/mol. The zero-order chi connectivity index (χ0) is 12.3. The molecule has 1 aromatic rings. The topological polar surface area (TPSA) is 59.2 Å². The van der Waals surface area contributed by atoms with E-state index in [1.54, 1.807) is 29.4 Å². The lowest BCUT2D eigenvalue weighted by molar-refractivity contribution is -0.136. The molecule has 0 fully saturated rings. The Labute approximate surface area is 100 Å². The molecule has 4 nitrogen and oxygen atoms in total. The van der Waals surface area contributed by atoms with E-state index in [0.717, 1.165) is 5.01 Å². The molecule has 5 heteroatoms. The lowest BCUT2D eigenvalue weighted by Crippen LogP contribution is -2.46. The molecule has 0 saturated carbocycles. The fourth-order valence-corrected chi connectivity index (χ4v) is 2.38. The Morgan fingerprint density at radius 3 is 2.44 bits per heavy atom. The molecule has 0 aliphatic carbocycles. The van der Waals surface area contributed by atoms with Gasteiger partial charge >= 0.3 is 0 Å². The van der Waals surface area contributed by atoms with Gasteiger partial charge in [-0.2, -0.15) is 0 Å². The predicted octanol–water partition coefficient (Wildman–Crippen LogP) is 1.79. The summed E-state index contributed by atoms with van der Waals surface area (Å²) in [6, 6.07) is -0.360. The molecule has 1 rings (SSSR count). The van der Waals surface area contributed by atoms with Crippen molar-refractivity contribution in [2.24, 2.45) is 5.73 Å². The van der Waals surface area contributed by atoms with Crippen LogP contribution in [0.3, 0.4) is 0 Å². The Kier molecular flexibility index (Phi) is 4.44. The summed E-state index contributed by atoms with van der Waals surface area (Å²) >= 11 is 1.56. The third-order valence-electron chi connectivity index (χ3n) is 2.43. The minimum Gasteiger partial charge on any atom is -0.330 e. The van der Waals surface area contributed by atoms with Gasteiger partial charge in [-0.3, -0.25) is 4.79 Å². The fourth-order valence-electron chi connectivity index (χ4n) is 1.69. The van der Waals surface area contributed by atoms with Crippen molar-refractivity contribution in [3.8, 4) is 0 Å². The summed E-state index contributed by atoms with van der Waals surface area (Å²) in [7, 11) is 0. The van der Waals surface area contributed by atoms with Gasteiger partial charge in [-0.05, 0) is 27.7 Å². The largest absolute Gasteiger partial charge is 0.330 e. The fraction of sp³-hybridized carbons (Fsp3) is 0.636. The van der Waals surface area contributed by atoms with Gasteiger partial charge < -0.3 is 10.6 Å². The third-order valence-corrected chi connectivity index (χ3v) is 3.37. The van der Waals surface area contributed by atoms with Crippen LogP contribution in [-0.2, 0) is 4.79 Å². The van der Waals surface area contributed by atoms with Crippen LogP contribution >= 0.6 is 11.3 Å². The van der Waals surface area contributed by atoms with E-state index in [1.807, 2.05) is 26.2 Å². The number of rotatable bonds is 4. The summed E-state index contributed by atoms with van der Waals surface area (Å²) < 4.78 is 0. The Morgan fingerprint density at radius 2 is 2.06 bits per heavy atom. The van der Waals surface area contributed by atoms with Crippen molar-refractivity contribution in [3.05, 3.63) is 16.6 Å². The summed E-state index contributed by atoms with van der Waals surface area (Å²) in [6.45, 7) is 7.68. The maximum Gasteiger partial charge on any atom is 0.240 e. The van der Waals surface area contributed by atoms with E-state index in [0.29, 0.717) is 0 Å². The van der Waals surface area contributed by atoms with Crippen molar-refractivity contribution in [2.45, 2.75) is 45.8 Å². The lowest BCUT2D eigenvalue weighted by Gasteiger charge is -2.33. The van der Waals surface area contributed by atoms with E-state index in [4.69, 9.17) is 5.73 Å². The van der Waals surface area contributed by atoms with Gasteiger partial charge in [-0.25, -0.2) is 4.98 Å². The third kappa shape index (κ3) is 2.80. The van der Waals surface area contributed by atoms with E-state index in [2.05, 4.69) is 4.98 Å². The molecule has 90 valence electrons. The highest BCUT2D eigenvalue weighted by Crippen LogP contribution is 2.24. The van der Waals surface area contributed by atoms with Crippen molar-refractivity contribution in [1.82, 2.24) is 9.88 Å². The van der Waals surface area contributed by atoms with Gasteiger partial charge in [-0.15, -0.1) is 11.3 Å². The van der Waals surface area contributed by atoms with E-state index in [9.17, 15) is 4.79 Å². The highest BCUT2D eigenvalue weighted by atomic mass is 32.1. The second-order valence-corrected chi connectivity index (χ2v) is 5.10. The molecule has 0 aliphatic rings. The summed E-state index contributed by atoms with van der Waals surface area (Å²) in [5.41, 5.74) is 5.66. The monoisotopic (exact) mass is 241 g/mol. The van der Waals surface area contributed by atoms with E-state index in [1.165, 1.54) is 0 Å². The first-order valence-corrected chi connectivity index (χ1v) is 6.30. The van der Waals surface area contributed by atoms with Gasteiger partial charge in [0.1, 0.15) is 5.01 Å². The normalized spacial score (nSPS) is 14.9. The standard InChI is InChI=1S/C11H19N3OS/c1-7(2)14(11(15)8(3)12)9(4)10-13-5-6-16-10/h5-9H,12H2,1-4H3/t8-,9+/m0/s1. The average Bonchev–Trinajstić information content (AvgIpc) is 2.69. The van der Waals surface area contributed by atoms with E-state index in [-0.39, 0.29) is 18.0 Å². The van der Waals surface area contributed by atoms with Crippen molar-refractivity contribution >= 4 is 17.2 Å². The quantitative estimate of drug-likeness (QED) is 0.874. The van der Waals surface area contributed by atoms with Crippen LogP contribution in [0, 0.1) is 0 Å². The minimum absolute atomic E-state index is 0.0153. The van der Waals surface area contributed by atoms with Crippen LogP contribution in [0.15, 0.2) is 11.6 Å². The van der Waals surface area contributed by atoms with Crippen LogP contribution in [0.1, 0.15) is 38.7 Å². The van der Waals surface area contributed by atoms with Crippen LogP contribution in [-0.4, -0.2) is 27.9 Å². The number of hydrogen-bond donors (Lipinski definition) is 1. The number of hydrogen-bond acceptors (Lipinski definition) is 4. The maximum atomic E-state index is 12.0. The number of carbonyl (C=O) groups excluding carboxylic acids is 1. The smallest absolute Gasteiger partial charge is 0.240 e. The van der Waals surface area contributed by atoms with Crippen LogP contribution in [0.25, 0.3) is 0 Å². The highest BCUT2D eigenvalue weighted by Gasteiger charge is 2.27. The zero-order valence-corrected chi connectivity index (χ0v) is 11.0. The molecule has 1 heterocycles.